The fourth-order valence-electron chi connectivity index (χ4n) is 2.97. The van der Waals surface area contributed by atoms with Gasteiger partial charge in [0.2, 0.25) is 5.89 Å². The second-order valence-corrected chi connectivity index (χ2v) is 6.57. The minimum absolute atomic E-state index is 0.276. The Balaban J connectivity index is 1.62. The second-order valence-electron chi connectivity index (χ2n) is 6.57. The van der Waals surface area contributed by atoms with E-state index in [2.05, 4.69) is 54.3 Å². The van der Waals surface area contributed by atoms with Crippen LogP contribution in [0.5, 0.6) is 0 Å². The summed E-state index contributed by atoms with van der Waals surface area (Å²) in [5, 5.41) is 6.62. The maximum Gasteiger partial charge on any atom is 0.231 e. The quantitative estimate of drug-likeness (QED) is 0.735. The summed E-state index contributed by atoms with van der Waals surface area (Å²) in [6.45, 7) is 5.45. The first-order valence-electron chi connectivity index (χ1n) is 8.18. The number of rotatable bonds is 4. The molecule has 0 atom stereocenters. The van der Waals surface area contributed by atoms with Gasteiger partial charge in [0.1, 0.15) is 0 Å². The van der Waals surface area contributed by atoms with Gasteiger partial charge in [0.15, 0.2) is 12.1 Å². The molecule has 2 aromatic carbocycles. The van der Waals surface area contributed by atoms with E-state index < -0.39 is 0 Å². The Morgan fingerprint density at radius 2 is 1.79 bits per heavy atom. The number of hydrogen-bond acceptors (Lipinski definition) is 5. The first-order chi connectivity index (χ1) is 11.6. The third-order valence-corrected chi connectivity index (χ3v) is 4.53. The highest BCUT2D eigenvalue weighted by Crippen LogP contribution is 2.31. The van der Waals surface area contributed by atoms with Crippen molar-refractivity contribution in [1.82, 2.24) is 10.1 Å². The molecule has 0 amide bonds. The van der Waals surface area contributed by atoms with E-state index in [-0.39, 0.29) is 11.7 Å². The predicted molar refractivity (Wildman–Crippen MR) is 89.8 cm³/mol. The normalized spacial score (nSPS) is 16.1. The van der Waals surface area contributed by atoms with Crippen molar-refractivity contribution < 1.29 is 14.0 Å². The average molecular weight is 324 g/mol. The summed E-state index contributed by atoms with van der Waals surface area (Å²) in [6, 6.07) is 14.8. The first kappa shape index (κ1) is 15.3. The molecule has 0 aliphatic carbocycles. The maximum atomic E-state index is 5.43. The standard InChI is InChI=1S/C19H20N2O3/c1-19(2,15-8-7-13-5-3-4-6-14(13)11-15)18-20-16(24-21-18)12-17-22-9-10-23-17/h3-8,11,17H,9-10,12H2,1-2H3. The molecule has 5 heteroatoms. The second kappa shape index (κ2) is 6.00. The van der Waals surface area contributed by atoms with Crippen LogP contribution in [0, 0.1) is 0 Å². The van der Waals surface area contributed by atoms with Crippen molar-refractivity contribution in [2.75, 3.05) is 13.2 Å². The van der Waals surface area contributed by atoms with Gasteiger partial charge in [-0.2, -0.15) is 4.98 Å². The third-order valence-electron chi connectivity index (χ3n) is 4.53. The molecule has 24 heavy (non-hydrogen) atoms. The van der Waals surface area contributed by atoms with Gasteiger partial charge in [-0.15, -0.1) is 0 Å². The fraction of sp³-hybridized carbons (Fsp3) is 0.368. The highest BCUT2D eigenvalue weighted by Gasteiger charge is 2.30. The van der Waals surface area contributed by atoms with E-state index in [9.17, 15) is 0 Å². The van der Waals surface area contributed by atoms with Crippen LogP contribution < -0.4 is 0 Å². The van der Waals surface area contributed by atoms with Crippen molar-refractivity contribution >= 4 is 10.8 Å². The van der Waals surface area contributed by atoms with Crippen LogP contribution in [-0.4, -0.2) is 29.6 Å². The number of benzene rings is 2. The highest BCUT2D eigenvalue weighted by molar-refractivity contribution is 5.83. The Morgan fingerprint density at radius 1 is 1.04 bits per heavy atom. The Bertz CT molecular complexity index is 850. The van der Waals surface area contributed by atoms with Crippen LogP contribution in [0.1, 0.15) is 31.1 Å². The topological polar surface area (TPSA) is 57.4 Å². The van der Waals surface area contributed by atoms with Crippen molar-refractivity contribution in [2.45, 2.75) is 32.0 Å². The highest BCUT2D eigenvalue weighted by atomic mass is 16.7. The van der Waals surface area contributed by atoms with Gasteiger partial charge in [0, 0.05) is 0 Å². The van der Waals surface area contributed by atoms with Gasteiger partial charge in [-0.3, -0.25) is 0 Å². The molecule has 124 valence electrons. The lowest BCUT2D eigenvalue weighted by Crippen LogP contribution is -2.21. The molecule has 0 radical (unpaired) electrons. The summed E-state index contributed by atoms with van der Waals surface area (Å²) < 4.78 is 16.3. The van der Waals surface area contributed by atoms with E-state index in [1.807, 2.05) is 12.1 Å². The van der Waals surface area contributed by atoms with Gasteiger partial charge in [-0.05, 0) is 30.2 Å². The number of fused-ring (bicyclic) bond motifs is 1. The van der Waals surface area contributed by atoms with Gasteiger partial charge in [0.05, 0.1) is 25.0 Å². The minimum Gasteiger partial charge on any atom is -0.350 e. The smallest absolute Gasteiger partial charge is 0.231 e. The summed E-state index contributed by atoms with van der Waals surface area (Å²) in [5.74, 6) is 1.22. The van der Waals surface area contributed by atoms with Crippen molar-refractivity contribution in [3.05, 3.63) is 59.7 Å². The summed E-state index contributed by atoms with van der Waals surface area (Å²) in [7, 11) is 0. The first-order valence-corrected chi connectivity index (χ1v) is 8.18. The van der Waals surface area contributed by atoms with Gasteiger partial charge in [-0.1, -0.05) is 47.6 Å². The molecule has 1 saturated heterocycles. The van der Waals surface area contributed by atoms with Crippen LogP contribution in [0.4, 0.5) is 0 Å². The fourth-order valence-corrected chi connectivity index (χ4v) is 2.97. The van der Waals surface area contributed by atoms with E-state index in [1.165, 1.54) is 10.8 Å². The zero-order chi connectivity index (χ0) is 16.6. The van der Waals surface area contributed by atoms with Gasteiger partial charge in [-0.25, -0.2) is 0 Å². The zero-order valence-corrected chi connectivity index (χ0v) is 13.9. The molecule has 3 aromatic rings. The lowest BCUT2D eigenvalue weighted by Gasteiger charge is -2.21. The zero-order valence-electron chi connectivity index (χ0n) is 13.9. The van der Waals surface area contributed by atoms with E-state index in [0.29, 0.717) is 31.3 Å². The van der Waals surface area contributed by atoms with E-state index in [0.717, 1.165) is 5.56 Å². The molecular weight excluding hydrogens is 304 g/mol. The van der Waals surface area contributed by atoms with Gasteiger partial charge in [0.25, 0.3) is 0 Å². The van der Waals surface area contributed by atoms with Crippen molar-refractivity contribution in [3.63, 3.8) is 0 Å². The van der Waals surface area contributed by atoms with Gasteiger partial charge >= 0.3 is 0 Å². The van der Waals surface area contributed by atoms with Crippen molar-refractivity contribution in [3.8, 4) is 0 Å². The molecule has 0 bridgehead atoms. The van der Waals surface area contributed by atoms with Crippen molar-refractivity contribution in [2.24, 2.45) is 0 Å². The average Bonchev–Trinajstić information content (AvgIpc) is 3.27. The lowest BCUT2D eigenvalue weighted by atomic mass is 9.83. The molecule has 0 unspecified atom stereocenters. The Labute approximate surface area is 140 Å². The largest absolute Gasteiger partial charge is 0.350 e. The monoisotopic (exact) mass is 324 g/mol. The molecule has 4 rings (SSSR count). The van der Waals surface area contributed by atoms with Crippen LogP contribution in [0.15, 0.2) is 47.0 Å². The minimum atomic E-state index is -0.344. The molecule has 1 aliphatic rings. The van der Waals surface area contributed by atoms with E-state index in [4.69, 9.17) is 14.0 Å². The Hall–Kier alpha value is -2.24. The number of ether oxygens (including phenoxy) is 2. The van der Waals surface area contributed by atoms with Crippen LogP contribution in [0.3, 0.4) is 0 Å². The molecule has 1 fully saturated rings. The van der Waals surface area contributed by atoms with Gasteiger partial charge < -0.3 is 14.0 Å². The lowest BCUT2D eigenvalue weighted by molar-refractivity contribution is -0.0445. The number of hydrogen-bond donors (Lipinski definition) is 0. The summed E-state index contributed by atoms with van der Waals surface area (Å²) in [4.78, 5) is 4.56. The van der Waals surface area contributed by atoms with Crippen LogP contribution in [-0.2, 0) is 21.3 Å². The SMILES string of the molecule is CC(C)(c1ccc2ccccc2c1)c1noc(CC2OCCO2)n1. The summed E-state index contributed by atoms with van der Waals surface area (Å²) >= 11 is 0. The van der Waals surface area contributed by atoms with E-state index in [1.54, 1.807) is 0 Å². The molecule has 0 spiro atoms. The molecule has 2 heterocycles. The molecule has 0 saturated carbocycles. The number of nitrogens with zero attached hydrogens (tertiary/aromatic N) is 2. The molecule has 1 aliphatic heterocycles. The molecule has 1 aromatic heterocycles. The van der Waals surface area contributed by atoms with Crippen LogP contribution in [0.25, 0.3) is 10.8 Å². The maximum absolute atomic E-state index is 5.43. The van der Waals surface area contributed by atoms with Crippen molar-refractivity contribution in [1.29, 1.82) is 0 Å². The van der Waals surface area contributed by atoms with E-state index >= 15 is 0 Å². The predicted octanol–water partition coefficient (Wildman–Crippen LogP) is 3.46. The van der Waals surface area contributed by atoms with Crippen LogP contribution >= 0.6 is 0 Å². The number of aromatic nitrogens is 2. The Kier molecular flexibility index (Phi) is 3.82. The molecule has 0 N–H and O–H groups in total. The summed E-state index contributed by atoms with van der Waals surface area (Å²) in [5.41, 5.74) is 0.810. The van der Waals surface area contributed by atoms with Crippen LogP contribution in [0.2, 0.25) is 0 Å². The molecular formula is C19H20N2O3. The third kappa shape index (κ3) is 2.81. The molecule has 5 nitrogen and oxygen atoms in total. The summed E-state index contributed by atoms with van der Waals surface area (Å²) in [6.07, 6.45) is 0.211. The Morgan fingerprint density at radius 3 is 2.58 bits per heavy atom.